The van der Waals surface area contributed by atoms with Gasteiger partial charge in [0.05, 0.1) is 5.52 Å². The highest BCUT2D eigenvalue weighted by molar-refractivity contribution is 6.06. The predicted octanol–water partition coefficient (Wildman–Crippen LogP) is 4.87. The number of nitrogens with zero attached hydrogens (tertiary/aromatic N) is 1. The summed E-state index contributed by atoms with van der Waals surface area (Å²) in [5, 5.41) is 3.46. The number of halogens is 1. The first-order chi connectivity index (χ1) is 12.7. The normalized spacial score (nSPS) is 10.7. The molecule has 128 valence electrons. The van der Waals surface area contributed by atoms with Crippen molar-refractivity contribution in [3.8, 4) is 5.75 Å². The molecule has 3 aromatic carbocycles. The molecule has 0 radical (unpaired) electrons. The van der Waals surface area contributed by atoms with Gasteiger partial charge < -0.3 is 10.2 Å². The zero-order valence-corrected chi connectivity index (χ0v) is 13.7. The van der Waals surface area contributed by atoms with Crippen LogP contribution in [0.25, 0.3) is 10.9 Å². The number of para-hydroxylation sites is 2. The third-order valence-electron chi connectivity index (χ3n) is 3.95. The van der Waals surface area contributed by atoms with Crippen molar-refractivity contribution >= 4 is 22.5 Å². The monoisotopic (exact) mass is 346 g/mol. The van der Waals surface area contributed by atoms with E-state index in [-0.39, 0.29) is 5.91 Å². The van der Waals surface area contributed by atoms with Gasteiger partial charge in [-0.1, -0.05) is 42.5 Å². The Morgan fingerprint density at radius 1 is 0.885 bits per heavy atom. The maximum absolute atomic E-state index is 14.3. The second-order valence-corrected chi connectivity index (χ2v) is 5.76. The van der Waals surface area contributed by atoms with Crippen LogP contribution in [0, 0.1) is 5.95 Å². The van der Waals surface area contributed by atoms with Crippen LogP contribution >= 0.6 is 0 Å². The number of hydrogen-bond acceptors (Lipinski definition) is 2. The van der Waals surface area contributed by atoms with Crippen LogP contribution in [0.1, 0.15) is 10.4 Å². The van der Waals surface area contributed by atoms with Crippen LogP contribution in [-0.4, -0.2) is 10.6 Å². The summed E-state index contributed by atoms with van der Waals surface area (Å²) >= 11 is 0. The lowest BCUT2D eigenvalue weighted by atomic mass is 10.1. The lowest BCUT2D eigenvalue weighted by molar-refractivity contribution is 0.102. The number of carbonyl (C=O) groups is 1. The summed E-state index contributed by atoms with van der Waals surface area (Å²) in [5.74, 6) is -0.307. The molecule has 0 spiro atoms. The van der Waals surface area contributed by atoms with E-state index in [1.54, 1.807) is 54.6 Å². The van der Waals surface area contributed by atoms with Crippen LogP contribution in [0.4, 0.5) is 10.1 Å². The van der Waals surface area contributed by atoms with Crippen LogP contribution < -0.4 is 10.2 Å². The summed E-state index contributed by atoms with van der Waals surface area (Å²) in [4.78, 5) is 18.1. The Kier molecular flexibility index (Phi) is 4.11. The Morgan fingerprint density at radius 2 is 1.58 bits per heavy atom. The van der Waals surface area contributed by atoms with E-state index in [0.29, 0.717) is 27.9 Å². The molecule has 0 aliphatic heterocycles. The molecule has 5 heteroatoms. The van der Waals surface area contributed by atoms with E-state index in [2.05, 4.69) is 5.32 Å². The Morgan fingerprint density at radius 3 is 2.31 bits per heavy atom. The number of nitrogens with one attached hydrogen (secondary N) is 1. The summed E-state index contributed by atoms with van der Waals surface area (Å²) in [6.07, 6.45) is 0. The zero-order chi connectivity index (χ0) is 17.9. The predicted molar refractivity (Wildman–Crippen MR) is 98.8 cm³/mol. The molecule has 4 nitrogen and oxygen atoms in total. The molecule has 0 saturated heterocycles. The van der Waals surface area contributed by atoms with Crippen molar-refractivity contribution in [2.45, 2.75) is 0 Å². The largest absolute Gasteiger partial charge is 0.372 e. The van der Waals surface area contributed by atoms with Gasteiger partial charge in [0.2, 0.25) is 5.95 Å². The van der Waals surface area contributed by atoms with Gasteiger partial charge in [-0.15, -0.1) is 4.73 Å². The van der Waals surface area contributed by atoms with E-state index >= 15 is 0 Å². The lowest BCUT2D eigenvalue weighted by Gasteiger charge is -2.09. The van der Waals surface area contributed by atoms with Crippen LogP contribution in [0.5, 0.6) is 5.75 Å². The average molecular weight is 346 g/mol. The Balaban J connectivity index is 1.67. The molecule has 0 fully saturated rings. The van der Waals surface area contributed by atoms with E-state index in [9.17, 15) is 9.18 Å². The summed E-state index contributed by atoms with van der Waals surface area (Å²) in [6, 6.07) is 24.4. The molecule has 4 rings (SSSR count). The van der Waals surface area contributed by atoms with E-state index in [4.69, 9.17) is 4.84 Å². The van der Waals surface area contributed by atoms with Gasteiger partial charge in [-0.05, 0) is 36.4 Å². The molecule has 4 aromatic rings. The number of fused-ring (bicyclic) bond motifs is 1. The molecular weight excluding hydrogens is 331 g/mol. The van der Waals surface area contributed by atoms with Gasteiger partial charge in [0.25, 0.3) is 5.91 Å². The second-order valence-electron chi connectivity index (χ2n) is 5.76. The van der Waals surface area contributed by atoms with Crippen LogP contribution in [0.3, 0.4) is 0 Å². The third-order valence-corrected chi connectivity index (χ3v) is 3.95. The molecule has 1 N–H and O–H groups in total. The highest BCUT2D eigenvalue weighted by atomic mass is 19.1. The molecule has 26 heavy (non-hydrogen) atoms. The van der Waals surface area contributed by atoms with Crippen molar-refractivity contribution < 1.29 is 14.0 Å². The van der Waals surface area contributed by atoms with Gasteiger partial charge in [-0.25, -0.2) is 0 Å². The Labute approximate surface area is 149 Å². The first kappa shape index (κ1) is 15.9. The van der Waals surface area contributed by atoms with Crippen molar-refractivity contribution in [3.05, 3.63) is 96.4 Å². The van der Waals surface area contributed by atoms with E-state index in [1.807, 2.05) is 24.3 Å². The van der Waals surface area contributed by atoms with Crippen LogP contribution in [0.2, 0.25) is 0 Å². The first-order valence-electron chi connectivity index (χ1n) is 8.11. The summed E-state index contributed by atoms with van der Waals surface area (Å²) < 4.78 is 15.4. The SMILES string of the molecule is O=C(Nc1ccccc1)c1ccc2cc(F)n(Oc3ccccc3)c2c1. The molecular formula is C21H15FN2O2. The van der Waals surface area contributed by atoms with Gasteiger partial charge in [0.1, 0.15) is 0 Å². The Hall–Kier alpha value is -3.60. The number of benzene rings is 3. The van der Waals surface area contributed by atoms with Gasteiger partial charge in [-0.2, -0.15) is 4.39 Å². The Bertz CT molecular complexity index is 1060. The van der Waals surface area contributed by atoms with Crippen molar-refractivity contribution in [2.75, 3.05) is 5.32 Å². The molecule has 1 heterocycles. The lowest BCUT2D eigenvalue weighted by Crippen LogP contribution is -2.12. The van der Waals surface area contributed by atoms with Gasteiger partial charge in [0, 0.05) is 22.7 Å². The highest BCUT2D eigenvalue weighted by Crippen LogP contribution is 2.23. The quantitative estimate of drug-likeness (QED) is 0.573. The van der Waals surface area contributed by atoms with Crippen molar-refractivity contribution in [3.63, 3.8) is 0 Å². The fourth-order valence-electron chi connectivity index (χ4n) is 2.69. The van der Waals surface area contributed by atoms with Gasteiger partial charge in [0.15, 0.2) is 5.75 Å². The third kappa shape index (κ3) is 3.15. The molecule has 0 aliphatic rings. The fraction of sp³-hybridized carbons (Fsp3) is 0. The minimum Gasteiger partial charge on any atom is -0.372 e. The van der Waals surface area contributed by atoms with E-state index < -0.39 is 5.95 Å². The van der Waals surface area contributed by atoms with Gasteiger partial charge >= 0.3 is 0 Å². The second kappa shape index (κ2) is 6.72. The van der Waals surface area contributed by atoms with Crippen molar-refractivity contribution in [1.82, 2.24) is 4.73 Å². The van der Waals surface area contributed by atoms with E-state index in [0.717, 1.165) is 4.73 Å². The number of amides is 1. The van der Waals surface area contributed by atoms with Crippen molar-refractivity contribution in [1.29, 1.82) is 0 Å². The minimum atomic E-state index is -0.538. The molecule has 0 saturated carbocycles. The highest BCUT2D eigenvalue weighted by Gasteiger charge is 2.14. The standard InChI is InChI=1S/C21H15FN2O2/c22-20-14-15-11-12-16(21(25)23-17-7-3-1-4-8-17)13-19(15)24(20)26-18-9-5-2-6-10-18/h1-14H,(H,23,25). The molecule has 1 aromatic heterocycles. The number of rotatable bonds is 4. The minimum absolute atomic E-state index is 0.272. The van der Waals surface area contributed by atoms with E-state index in [1.165, 1.54) is 6.07 Å². The number of hydrogen-bond donors (Lipinski definition) is 1. The molecule has 0 atom stereocenters. The summed E-state index contributed by atoms with van der Waals surface area (Å²) in [6.45, 7) is 0. The number of anilines is 1. The van der Waals surface area contributed by atoms with Crippen LogP contribution in [-0.2, 0) is 0 Å². The molecule has 1 amide bonds. The smallest absolute Gasteiger partial charge is 0.255 e. The number of carbonyl (C=O) groups excluding carboxylic acids is 1. The molecule has 0 unspecified atom stereocenters. The maximum Gasteiger partial charge on any atom is 0.255 e. The van der Waals surface area contributed by atoms with Gasteiger partial charge in [-0.3, -0.25) is 4.79 Å². The molecule has 0 bridgehead atoms. The average Bonchev–Trinajstić information content (AvgIpc) is 2.98. The fourth-order valence-corrected chi connectivity index (χ4v) is 2.69. The summed E-state index contributed by atoms with van der Waals surface area (Å²) in [5.41, 5.74) is 1.59. The topological polar surface area (TPSA) is 43.3 Å². The van der Waals surface area contributed by atoms with Crippen molar-refractivity contribution in [2.24, 2.45) is 0 Å². The maximum atomic E-state index is 14.3. The zero-order valence-electron chi connectivity index (χ0n) is 13.7. The summed E-state index contributed by atoms with van der Waals surface area (Å²) in [7, 11) is 0. The first-order valence-corrected chi connectivity index (χ1v) is 8.11. The number of aromatic nitrogens is 1. The molecule has 0 aliphatic carbocycles. The van der Waals surface area contributed by atoms with Crippen LogP contribution in [0.15, 0.2) is 84.9 Å².